The van der Waals surface area contributed by atoms with E-state index in [1.165, 1.54) is 13.8 Å². The van der Waals surface area contributed by atoms with Gasteiger partial charge in [0, 0.05) is 6.42 Å². The quantitative estimate of drug-likeness (QED) is 0.302. The van der Waals surface area contributed by atoms with Gasteiger partial charge in [-0.25, -0.2) is 4.79 Å². The molecule has 0 aliphatic heterocycles. The van der Waals surface area contributed by atoms with Gasteiger partial charge in [-0.2, -0.15) is 4.79 Å². The van der Waals surface area contributed by atoms with E-state index in [0.29, 0.717) is 6.21 Å². The fourth-order valence-electron chi connectivity index (χ4n) is 1.20. The van der Waals surface area contributed by atoms with Crippen LogP contribution in [0.4, 0.5) is 0 Å². The fraction of sp³-hybridized carbons (Fsp3) is 0.636. The lowest BCUT2D eigenvalue weighted by molar-refractivity contribution is -0.143. The molecule has 19 heavy (non-hydrogen) atoms. The van der Waals surface area contributed by atoms with Crippen LogP contribution in [0.5, 0.6) is 0 Å². The summed E-state index contributed by atoms with van der Waals surface area (Å²) < 4.78 is 0. The van der Waals surface area contributed by atoms with Gasteiger partial charge in [0.2, 0.25) is 11.7 Å². The van der Waals surface area contributed by atoms with E-state index in [1.54, 1.807) is 0 Å². The van der Waals surface area contributed by atoms with Crippen molar-refractivity contribution < 1.29 is 29.4 Å². The molecule has 0 spiro atoms. The summed E-state index contributed by atoms with van der Waals surface area (Å²) >= 11 is 0. The molecule has 8 nitrogen and oxygen atoms in total. The molecule has 8 heteroatoms. The maximum absolute atomic E-state index is 11.6. The van der Waals surface area contributed by atoms with Gasteiger partial charge < -0.3 is 21.1 Å². The lowest BCUT2D eigenvalue weighted by atomic mass is 10.0. The molecule has 0 saturated heterocycles. The molecule has 0 aromatic rings. The van der Waals surface area contributed by atoms with E-state index in [1.807, 2.05) is 0 Å². The standard InChI is InChI=1S/C11H17N3O5/c1-6(7(2)15)10(17)14-9(11(18)19)4-3-8(16)5-13-12/h5-7,9,15H,3-4H2,1-2H3,(H,14,17)(H,18,19)/t6-,7+,9-/m0/s1. The zero-order valence-corrected chi connectivity index (χ0v) is 10.7. The Bertz CT molecular complexity index is 401. The second-order valence-corrected chi connectivity index (χ2v) is 4.18. The molecule has 0 fully saturated rings. The van der Waals surface area contributed by atoms with Gasteiger partial charge in [-0.1, -0.05) is 6.92 Å². The van der Waals surface area contributed by atoms with Crippen LogP contribution in [0.1, 0.15) is 26.7 Å². The molecule has 0 heterocycles. The van der Waals surface area contributed by atoms with Crippen LogP contribution in [0.2, 0.25) is 0 Å². The minimum atomic E-state index is -1.28. The molecule has 1 amide bonds. The van der Waals surface area contributed by atoms with Gasteiger partial charge in [0.1, 0.15) is 6.04 Å². The van der Waals surface area contributed by atoms with E-state index in [2.05, 4.69) is 10.1 Å². The molecule has 0 radical (unpaired) electrons. The number of ketones is 1. The SMILES string of the molecule is C[C@H](C(=O)N[C@@H](CCC(=O)C=[N+]=[N-])C(=O)O)[C@@H](C)O. The van der Waals surface area contributed by atoms with Gasteiger partial charge in [0.05, 0.1) is 12.0 Å². The van der Waals surface area contributed by atoms with E-state index in [-0.39, 0.29) is 12.8 Å². The monoisotopic (exact) mass is 271 g/mol. The van der Waals surface area contributed by atoms with Crippen molar-refractivity contribution in [3.05, 3.63) is 5.53 Å². The number of aliphatic carboxylic acids is 1. The smallest absolute Gasteiger partial charge is 0.326 e. The van der Waals surface area contributed by atoms with Crippen molar-refractivity contribution in [2.45, 2.75) is 38.8 Å². The normalized spacial score (nSPS) is 14.7. The molecular formula is C11H17N3O5. The highest BCUT2D eigenvalue weighted by atomic mass is 16.4. The number of carboxylic acid groups (broad SMARTS) is 1. The number of carbonyl (C=O) groups is 3. The second kappa shape index (κ2) is 8.12. The van der Waals surface area contributed by atoms with Crippen LogP contribution in [0.25, 0.3) is 5.53 Å². The third-order valence-electron chi connectivity index (χ3n) is 2.63. The Morgan fingerprint density at radius 2 is 1.95 bits per heavy atom. The van der Waals surface area contributed by atoms with Crippen molar-refractivity contribution >= 4 is 23.9 Å². The zero-order valence-electron chi connectivity index (χ0n) is 10.7. The zero-order chi connectivity index (χ0) is 15.0. The Morgan fingerprint density at radius 1 is 1.37 bits per heavy atom. The Morgan fingerprint density at radius 3 is 2.37 bits per heavy atom. The highest BCUT2D eigenvalue weighted by Crippen LogP contribution is 2.05. The van der Waals surface area contributed by atoms with Crippen LogP contribution in [0.15, 0.2) is 0 Å². The summed E-state index contributed by atoms with van der Waals surface area (Å²) in [7, 11) is 0. The van der Waals surface area contributed by atoms with Crippen LogP contribution in [0.3, 0.4) is 0 Å². The number of amides is 1. The van der Waals surface area contributed by atoms with Crippen LogP contribution in [-0.2, 0) is 14.4 Å². The van der Waals surface area contributed by atoms with E-state index in [4.69, 9.17) is 10.6 Å². The molecule has 0 aromatic heterocycles. The maximum atomic E-state index is 11.6. The molecule has 3 N–H and O–H groups in total. The minimum Gasteiger partial charge on any atom is -0.480 e. The number of rotatable bonds is 8. The lowest BCUT2D eigenvalue weighted by Crippen LogP contribution is -2.45. The number of nitrogens with zero attached hydrogens (tertiary/aromatic N) is 2. The number of hydrogen-bond acceptors (Lipinski definition) is 4. The molecule has 0 aliphatic carbocycles. The van der Waals surface area contributed by atoms with Gasteiger partial charge in [0.15, 0.2) is 0 Å². The van der Waals surface area contributed by atoms with Crippen molar-refractivity contribution in [1.82, 2.24) is 5.32 Å². The molecule has 0 unspecified atom stereocenters. The van der Waals surface area contributed by atoms with Crippen molar-refractivity contribution in [2.24, 2.45) is 5.92 Å². The van der Waals surface area contributed by atoms with Crippen molar-refractivity contribution in [3.8, 4) is 0 Å². The highest BCUT2D eigenvalue weighted by molar-refractivity contribution is 6.25. The molecule has 0 rings (SSSR count). The van der Waals surface area contributed by atoms with E-state index in [0.717, 1.165) is 0 Å². The topological polar surface area (TPSA) is 140 Å². The van der Waals surface area contributed by atoms with Crippen LogP contribution < -0.4 is 5.32 Å². The lowest BCUT2D eigenvalue weighted by Gasteiger charge is -2.18. The number of aliphatic hydroxyl groups is 1. The highest BCUT2D eigenvalue weighted by Gasteiger charge is 2.25. The summed E-state index contributed by atoms with van der Waals surface area (Å²) in [6, 6.07) is -1.23. The average Bonchev–Trinajstić information content (AvgIpc) is 2.32. The first-order valence-corrected chi connectivity index (χ1v) is 5.71. The number of nitrogens with one attached hydrogen (secondary N) is 1. The Balaban J connectivity index is 4.50. The van der Waals surface area contributed by atoms with E-state index >= 15 is 0 Å². The minimum absolute atomic E-state index is 0.127. The maximum Gasteiger partial charge on any atom is 0.326 e. The molecular weight excluding hydrogens is 254 g/mol. The summed E-state index contributed by atoms with van der Waals surface area (Å²) in [5.74, 6) is -3.19. The summed E-state index contributed by atoms with van der Waals surface area (Å²) in [5.41, 5.74) is 8.13. The van der Waals surface area contributed by atoms with Crippen molar-refractivity contribution in [3.63, 3.8) is 0 Å². The second-order valence-electron chi connectivity index (χ2n) is 4.18. The predicted octanol–water partition coefficient (Wildman–Crippen LogP) is -0.777. The number of carbonyl (C=O) groups excluding carboxylic acids is 2. The van der Waals surface area contributed by atoms with Gasteiger partial charge in [0.25, 0.3) is 0 Å². The summed E-state index contributed by atoms with van der Waals surface area (Å²) in [5, 5.41) is 20.4. The fourth-order valence-corrected chi connectivity index (χ4v) is 1.20. The third kappa shape index (κ3) is 6.44. The molecule has 0 aliphatic rings. The van der Waals surface area contributed by atoms with Gasteiger partial charge in [-0.3, -0.25) is 9.59 Å². The Kier molecular flexibility index (Phi) is 7.25. The first-order chi connectivity index (χ1) is 8.79. The number of hydrogen-bond donors (Lipinski definition) is 3. The summed E-state index contributed by atoms with van der Waals surface area (Å²) in [6.45, 7) is 2.88. The Labute approximate surface area is 110 Å². The third-order valence-corrected chi connectivity index (χ3v) is 2.63. The average molecular weight is 271 g/mol. The first-order valence-electron chi connectivity index (χ1n) is 5.71. The molecule has 106 valence electrons. The molecule has 3 atom stereocenters. The molecule has 0 aromatic carbocycles. The first kappa shape index (κ1) is 16.9. The summed E-state index contributed by atoms with van der Waals surface area (Å²) in [4.78, 5) is 36.1. The van der Waals surface area contributed by atoms with Gasteiger partial charge >= 0.3 is 12.2 Å². The van der Waals surface area contributed by atoms with E-state index < -0.39 is 35.7 Å². The van der Waals surface area contributed by atoms with E-state index in [9.17, 15) is 19.5 Å². The largest absolute Gasteiger partial charge is 0.480 e. The predicted molar refractivity (Wildman–Crippen MR) is 64.3 cm³/mol. The Hall–Kier alpha value is -2.05. The van der Waals surface area contributed by atoms with Gasteiger partial charge in [-0.05, 0) is 13.3 Å². The van der Waals surface area contributed by atoms with Crippen LogP contribution in [-0.4, -0.2) is 51.0 Å². The number of aliphatic hydroxyl groups excluding tert-OH is 1. The van der Waals surface area contributed by atoms with Crippen molar-refractivity contribution in [2.75, 3.05) is 0 Å². The summed E-state index contributed by atoms with van der Waals surface area (Å²) in [6.07, 6.45) is -0.542. The van der Waals surface area contributed by atoms with Crippen molar-refractivity contribution in [1.29, 1.82) is 0 Å². The van der Waals surface area contributed by atoms with Gasteiger partial charge in [-0.15, -0.1) is 0 Å². The van der Waals surface area contributed by atoms with Crippen LogP contribution >= 0.6 is 0 Å². The number of Topliss-reactive ketones (excluding diaryl/α,β-unsaturated/α-hetero) is 1. The molecule has 0 bridgehead atoms. The van der Waals surface area contributed by atoms with Crippen LogP contribution in [0, 0.1) is 5.92 Å². The molecule has 0 saturated carbocycles. The number of carboxylic acids is 1.